The average Bonchev–Trinajstić information content (AvgIpc) is 2.54. The van der Waals surface area contributed by atoms with E-state index in [-0.39, 0.29) is 5.69 Å². The normalized spacial score (nSPS) is 10.1. The van der Waals surface area contributed by atoms with Crippen molar-refractivity contribution in [3.8, 4) is 5.75 Å². The standard InChI is InChI=1S/C15H13NO5S/c1-20-14-8-7-12(9-13(14)15(17)21-2)22-11-5-3-10(4-6-11)16(18)19/h3-9H,1-2H3. The third-order valence-electron chi connectivity index (χ3n) is 2.86. The van der Waals surface area contributed by atoms with Crippen molar-refractivity contribution in [1.29, 1.82) is 0 Å². The lowest BCUT2D eigenvalue weighted by Crippen LogP contribution is -2.04. The fraction of sp³-hybridized carbons (Fsp3) is 0.133. The molecule has 22 heavy (non-hydrogen) atoms. The highest BCUT2D eigenvalue weighted by atomic mass is 32.2. The van der Waals surface area contributed by atoms with Crippen LogP contribution in [0.5, 0.6) is 5.75 Å². The van der Waals surface area contributed by atoms with Gasteiger partial charge >= 0.3 is 5.97 Å². The predicted molar refractivity (Wildman–Crippen MR) is 81.6 cm³/mol. The molecule has 0 amide bonds. The van der Waals surface area contributed by atoms with E-state index in [2.05, 4.69) is 0 Å². The number of nitrogens with zero attached hydrogens (tertiary/aromatic N) is 1. The number of hydrogen-bond acceptors (Lipinski definition) is 6. The smallest absolute Gasteiger partial charge is 0.341 e. The van der Waals surface area contributed by atoms with Gasteiger partial charge in [-0.3, -0.25) is 10.1 Å². The number of methoxy groups -OCH3 is 2. The first-order valence-electron chi connectivity index (χ1n) is 6.24. The monoisotopic (exact) mass is 319 g/mol. The first kappa shape index (κ1) is 15.8. The molecule has 0 aliphatic carbocycles. The van der Waals surface area contributed by atoms with Crippen LogP contribution in [-0.4, -0.2) is 25.1 Å². The minimum absolute atomic E-state index is 0.0364. The van der Waals surface area contributed by atoms with E-state index in [0.29, 0.717) is 11.3 Å². The van der Waals surface area contributed by atoms with Crippen LogP contribution in [0.15, 0.2) is 52.3 Å². The molecule has 114 valence electrons. The number of non-ortho nitro benzene ring substituents is 1. The number of rotatable bonds is 5. The van der Waals surface area contributed by atoms with Gasteiger partial charge in [-0.2, -0.15) is 0 Å². The minimum atomic E-state index is -0.483. The zero-order chi connectivity index (χ0) is 16.1. The summed E-state index contributed by atoms with van der Waals surface area (Å²) in [6, 6.07) is 11.3. The Kier molecular flexibility index (Phi) is 5.00. The lowest BCUT2D eigenvalue weighted by molar-refractivity contribution is -0.384. The van der Waals surface area contributed by atoms with Crippen molar-refractivity contribution in [3.63, 3.8) is 0 Å². The quantitative estimate of drug-likeness (QED) is 0.476. The van der Waals surface area contributed by atoms with E-state index in [1.807, 2.05) is 0 Å². The molecule has 6 nitrogen and oxygen atoms in total. The van der Waals surface area contributed by atoms with Gasteiger partial charge in [-0.15, -0.1) is 0 Å². The highest BCUT2D eigenvalue weighted by Crippen LogP contribution is 2.32. The van der Waals surface area contributed by atoms with Gasteiger partial charge in [-0.1, -0.05) is 11.8 Å². The Hall–Kier alpha value is -2.54. The van der Waals surface area contributed by atoms with E-state index in [1.165, 1.54) is 38.1 Å². The van der Waals surface area contributed by atoms with Crippen LogP contribution in [0, 0.1) is 10.1 Å². The second-order valence-electron chi connectivity index (χ2n) is 4.21. The molecule has 0 radical (unpaired) electrons. The van der Waals surface area contributed by atoms with Crippen LogP contribution in [0.4, 0.5) is 5.69 Å². The minimum Gasteiger partial charge on any atom is -0.496 e. The number of carbonyl (C=O) groups is 1. The molecule has 0 atom stereocenters. The first-order chi connectivity index (χ1) is 10.5. The first-order valence-corrected chi connectivity index (χ1v) is 7.05. The Morgan fingerprint density at radius 2 is 1.73 bits per heavy atom. The van der Waals surface area contributed by atoms with Gasteiger partial charge in [0, 0.05) is 21.9 Å². The van der Waals surface area contributed by atoms with E-state index < -0.39 is 10.9 Å². The maximum atomic E-state index is 11.7. The molecule has 0 unspecified atom stereocenters. The molecule has 0 aromatic heterocycles. The van der Waals surface area contributed by atoms with Gasteiger partial charge in [0.25, 0.3) is 5.69 Å². The summed E-state index contributed by atoms with van der Waals surface area (Å²) in [7, 11) is 2.78. The third kappa shape index (κ3) is 3.56. The fourth-order valence-corrected chi connectivity index (χ4v) is 2.65. The number of benzene rings is 2. The summed E-state index contributed by atoms with van der Waals surface area (Å²) in [5, 5.41) is 10.6. The van der Waals surface area contributed by atoms with Crippen molar-refractivity contribution in [3.05, 3.63) is 58.1 Å². The topological polar surface area (TPSA) is 78.7 Å². The number of hydrogen-bond donors (Lipinski definition) is 0. The Labute approximate surface area is 131 Å². The third-order valence-corrected chi connectivity index (χ3v) is 3.86. The molecule has 0 N–H and O–H groups in total. The Morgan fingerprint density at radius 1 is 1.09 bits per heavy atom. The molecule has 2 aromatic rings. The number of esters is 1. The lowest BCUT2D eigenvalue weighted by atomic mass is 10.2. The average molecular weight is 319 g/mol. The van der Waals surface area contributed by atoms with Crippen LogP contribution >= 0.6 is 11.8 Å². The van der Waals surface area contributed by atoms with Crippen LogP contribution in [0.25, 0.3) is 0 Å². The number of nitro benzene ring substituents is 1. The summed E-state index contributed by atoms with van der Waals surface area (Å²) in [6.45, 7) is 0. The predicted octanol–water partition coefficient (Wildman–Crippen LogP) is 3.54. The second-order valence-corrected chi connectivity index (χ2v) is 5.35. The van der Waals surface area contributed by atoms with Crippen molar-refractivity contribution in [1.82, 2.24) is 0 Å². The van der Waals surface area contributed by atoms with Crippen molar-refractivity contribution in [2.75, 3.05) is 14.2 Å². The Balaban J connectivity index is 2.26. The number of nitro groups is 1. The molecule has 0 aliphatic heterocycles. The van der Waals surface area contributed by atoms with E-state index in [0.717, 1.165) is 9.79 Å². The van der Waals surface area contributed by atoms with Gasteiger partial charge in [0.05, 0.1) is 19.1 Å². The van der Waals surface area contributed by atoms with E-state index in [9.17, 15) is 14.9 Å². The molecule has 0 fully saturated rings. The van der Waals surface area contributed by atoms with Crippen LogP contribution < -0.4 is 4.74 Å². The molecule has 2 rings (SSSR count). The van der Waals surface area contributed by atoms with Crippen molar-refractivity contribution in [2.45, 2.75) is 9.79 Å². The maximum Gasteiger partial charge on any atom is 0.341 e. The van der Waals surface area contributed by atoms with E-state index in [4.69, 9.17) is 9.47 Å². The van der Waals surface area contributed by atoms with E-state index >= 15 is 0 Å². The molecule has 0 saturated carbocycles. The maximum absolute atomic E-state index is 11.7. The van der Waals surface area contributed by atoms with Gasteiger partial charge < -0.3 is 9.47 Å². The second kappa shape index (κ2) is 6.95. The molecule has 2 aromatic carbocycles. The summed E-state index contributed by atoms with van der Waals surface area (Å²) in [4.78, 5) is 23.5. The van der Waals surface area contributed by atoms with Crippen LogP contribution in [0.1, 0.15) is 10.4 Å². The van der Waals surface area contributed by atoms with Gasteiger partial charge in [0.2, 0.25) is 0 Å². The zero-order valence-corrected chi connectivity index (χ0v) is 12.8. The molecular formula is C15H13NO5S. The Bertz CT molecular complexity index is 700. The zero-order valence-electron chi connectivity index (χ0n) is 11.9. The van der Waals surface area contributed by atoms with E-state index in [1.54, 1.807) is 30.3 Å². The fourth-order valence-electron chi connectivity index (χ4n) is 1.79. The molecule has 0 bridgehead atoms. The van der Waals surface area contributed by atoms with Gasteiger partial charge in [-0.05, 0) is 30.3 Å². The summed E-state index contributed by atoms with van der Waals surface area (Å²) in [5.74, 6) is -0.0529. The summed E-state index contributed by atoms with van der Waals surface area (Å²) in [6.07, 6.45) is 0. The molecule has 0 spiro atoms. The van der Waals surface area contributed by atoms with Gasteiger partial charge in [0.1, 0.15) is 11.3 Å². The summed E-state index contributed by atoms with van der Waals surface area (Å²) < 4.78 is 9.85. The van der Waals surface area contributed by atoms with Gasteiger partial charge in [0.15, 0.2) is 0 Å². The molecule has 0 heterocycles. The van der Waals surface area contributed by atoms with Crippen molar-refractivity contribution < 1.29 is 19.2 Å². The van der Waals surface area contributed by atoms with Crippen molar-refractivity contribution >= 4 is 23.4 Å². The molecular weight excluding hydrogens is 306 g/mol. The summed E-state index contributed by atoms with van der Waals surface area (Å²) in [5.41, 5.74) is 0.367. The lowest BCUT2D eigenvalue weighted by Gasteiger charge is -2.09. The molecule has 0 saturated heterocycles. The highest BCUT2D eigenvalue weighted by Gasteiger charge is 2.14. The SMILES string of the molecule is COC(=O)c1cc(Sc2ccc([N+](=O)[O-])cc2)ccc1OC. The number of ether oxygens (including phenoxy) is 2. The van der Waals surface area contributed by atoms with Gasteiger partial charge in [-0.25, -0.2) is 4.79 Å². The van der Waals surface area contributed by atoms with Crippen molar-refractivity contribution in [2.24, 2.45) is 0 Å². The van der Waals surface area contributed by atoms with Crippen LogP contribution in [-0.2, 0) is 4.74 Å². The number of carbonyl (C=O) groups excluding carboxylic acids is 1. The molecule has 0 aliphatic rings. The van der Waals surface area contributed by atoms with Crippen LogP contribution in [0.3, 0.4) is 0 Å². The Morgan fingerprint density at radius 3 is 2.27 bits per heavy atom. The summed E-state index contributed by atoms with van der Waals surface area (Å²) >= 11 is 1.38. The molecule has 7 heteroatoms. The highest BCUT2D eigenvalue weighted by molar-refractivity contribution is 7.99. The van der Waals surface area contributed by atoms with Crippen LogP contribution in [0.2, 0.25) is 0 Å². The largest absolute Gasteiger partial charge is 0.496 e.